The predicted octanol–water partition coefficient (Wildman–Crippen LogP) is 1.46. The summed E-state index contributed by atoms with van der Waals surface area (Å²) in [7, 11) is 1.63. The van der Waals surface area contributed by atoms with Gasteiger partial charge in [0.05, 0.1) is 18.5 Å². The van der Waals surface area contributed by atoms with Crippen LogP contribution in [0.4, 0.5) is 5.13 Å². The van der Waals surface area contributed by atoms with Gasteiger partial charge in [-0.3, -0.25) is 9.69 Å². The van der Waals surface area contributed by atoms with Crippen molar-refractivity contribution in [2.45, 2.75) is 26.4 Å². The lowest BCUT2D eigenvalue weighted by molar-refractivity contribution is -0.114. The highest BCUT2D eigenvalue weighted by molar-refractivity contribution is 7.13. The molecule has 2 aromatic heterocycles. The van der Waals surface area contributed by atoms with Gasteiger partial charge < -0.3 is 10.1 Å². The summed E-state index contributed by atoms with van der Waals surface area (Å²) < 4.78 is 5.32. The third-order valence-electron chi connectivity index (χ3n) is 3.46. The molecule has 7 nitrogen and oxygen atoms in total. The van der Waals surface area contributed by atoms with Gasteiger partial charge in [0.25, 0.3) is 0 Å². The number of fused-ring (bicyclic) bond motifs is 1. The normalized spacial score (nSPS) is 14.5. The molecule has 1 aliphatic rings. The number of methoxy groups -OCH3 is 1. The lowest BCUT2D eigenvalue weighted by atomic mass is 10.1. The monoisotopic (exact) mass is 319 g/mol. The van der Waals surface area contributed by atoms with Crippen LogP contribution in [-0.4, -0.2) is 39.4 Å². The summed E-state index contributed by atoms with van der Waals surface area (Å²) in [5.74, 6) is 0.543. The van der Waals surface area contributed by atoms with Crippen LogP contribution in [0.2, 0.25) is 0 Å². The van der Waals surface area contributed by atoms with Crippen LogP contribution in [0.15, 0.2) is 11.7 Å². The molecule has 0 atom stereocenters. The van der Waals surface area contributed by atoms with Crippen molar-refractivity contribution in [3.8, 4) is 5.88 Å². The fraction of sp³-hybridized carbons (Fsp3) is 0.429. The summed E-state index contributed by atoms with van der Waals surface area (Å²) in [5.41, 5.74) is 3.06. The molecule has 0 radical (unpaired) electrons. The molecular formula is C14H17N5O2S. The number of amides is 1. The van der Waals surface area contributed by atoms with E-state index in [2.05, 4.69) is 25.2 Å². The first-order chi connectivity index (χ1) is 10.7. The topological polar surface area (TPSA) is 80.2 Å². The maximum Gasteiger partial charge on any atom is 0.223 e. The molecule has 1 N–H and O–H groups in total. The highest BCUT2D eigenvalue weighted by Crippen LogP contribution is 2.26. The Morgan fingerprint density at radius 3 is 3.14 bits per heavy atom. The molecule has 0 bridgehead atoms. The van der Waals surface area contributed by atoms with Gasteiger partial charge in [0, 0.05) is 43.9 Å². The second kappa shape index (κ2) is 6.37. The Labute approximate surface area is 132 Å². The first-order valence-electron chi connectivity index (χ1n) is 6.97. The second-order valence-corrected chi connectivity index (χ2v) is 5.95. The van der Waals surface area contributed by atoms with Crippen LogP contribution in [0.25, 0.3) is 0 Å². The standard InChI is InChI=1S/C14H17N5O2S/c1-9(20)17-14-18-10(7-22-14)5-19-4-3-12-11(6-19)13(21-2)16-8-15-12/h7-8H,3-6H2,1-2H3,(H,17,18,20). The Balaban J connectivity index is 1.70. The van der Waals surface area contributed by atoms with E-state index in [1.54, 1.807) is 13.4 Å². The van der Waals surface area contributed by atoms with Gasteiger partial charge in [0.15, 0.2) is 5.13 Å². The number of thiazole rings is 1. The number of aromatic nitrogens is 3. The van der Waals surface area contributed by atoms with Crippen LogP contribution < -0.4 is 10.1 Å². The van der Waals surface area contributed by atoms with Crippen LogP contribution in [0.5, 0.6) is 5.88 Å². The number of nitrogens with zero attached hydrogens (tertiary/aromatic N) is 4. The third kappa shape index (κ3) is 3.23. The lowest BCUT2D eigenvalue weighted by Crippen LogP contribution is -2.31. The molecule has 1 aliphatic heterocycles. The maximum atomic E-state index is 11.0. The Morgan fingerprint density at radius 2 is 2.36 bits per heavy atom. The van der Waals surface area contributed by atoms with E-state index in [-0.39, 0.29) is 5.91 Å². The van der Waals surface area contributed by atoms with Crippen LogP contribution in [0, 0.1) is 0 Å². The minimum Gasteiger partial charge on any atom is -0.481 e. The number of carbonyl (C=O) groups is 1. The van der Waals surface area contributed by atoms with Crippen LogP contribution in [-0.2, 0) is 24.3 Å². The molecule has 22 heavy (non-hydrogen) atoms. The van der Waals surface area contributed by atoms with Gasteiger partial charge >= 0.3 is 0 Å². The summed E-state index contributed by atoms with van der Waals surface area (Å²) in [4.78, 5) is 26.2. The Morgan fingerprint density at radius 1 is 1.50 bits per heavy atom. The fourth-order valence-electron chi connectivity index (χ4n) is 2.50. The first kappa shape index (κ1) is 14.9. The van der Waals surface area contributed by atoms with E-state index >= 15 is 0 Å². The Bertz CT molecular complexity index is 673. The molecule has 116 valence electrons. The van der Waals surface area contributed by atoms with Gasteiger partial charge in [-0.1, -0.05) is 0 Å². The van der Waals surface area contributed by atoms with Gasteiger partial charge in [0.1, 0.15) is 6.33 Å². The van der Waals surface area contributed by atoms with Gasteiger partial charge in [-0.2, -0.15) is 0 Å². The SMILES string of the molecule is COc1ncnc2c1CN(Cc1csc(NC(C)=O)n1)CC2. The number of hydrogen-bond donors (Lipinski definition) is 1. The minimum atomic E-state index is -0.102. The minimum absolute atomic E-state index is 0.102. The summed E-state index contributed by atoms with van der Waals surface area (Å²) >= 11 is 1.44. The highest BCUT2D eigenvalue weighted by Gasteiger charge is 2.22. The molecule has 3 rings (SSSR count). The van der Waals surface area contributed by atoms with Crippen molar-refractivity contribution in [2.75, 3.05) is 19.0 Å². The van der Waals surface area contributed by atoms with Crippen molar-refractivity contribution in [3.05, 3.63) is 28.7 Å². The molecule has 3 heterocycles. The van der Waals surface area contributed by atoms with Gasteiger partial charge in [0.2, 0.25) is 11.8 Å². The van der Waals surface area contributed by atoms with E-state index in [1.807, 2.05) is 5.38 Å². The molecule has 8 heteroatoms. The molecule has 2 aromatic rings. The van der Waals surface area contributed by atoms with Crippen molar-refractivity contribution < 1.29 is 9.53 Å². The number of ether oxygens (including phenoxy) is 1. The molecule has 0 saturated heterocycles. The molecule has 0 fully saturated rings. The van der Waals surface area contributed by atoms with Gasteiger partial charge in [-0.25, -0.2) is 15.0 Å². The smallest absolute Gasteiger partial charge is 0.223 e. The molecule has 0 spiro atoms. The zero-order chi connectivity index (χ0) is 15.5. The van der Waals surface area contributed by atoms with Crippen LogP contribution >= 0.6 is 11.3 Å². The molecular weight excluding hydrogens is 302 g/mol. The van der Waals surface area contributed by atoms with Crippen molar-refractivity contribution in [1.29, 1.82) is 0 Å². The van der Waals surface area contributed by atoms with Crippen molar-refractivity contribution in [2.24, 2.45) is 0 Å². The average Bonchev–Trinajstić information content (AvgIpc) is 2.92. The molecule has 0 unspecified atom stereocenters. The van der Waals surface area contributed by atoms with Crippen LogP contribution in [0.3, 0.4) is 0 Å². The van der Waals surface area contributed by atoms with Crippen molar-refractivity contribution in [1.82, 2.24) is 19.9 Å². The van der Waals surface area contributed by atoms with Crippen molar-refractivity contribution >= 4 is 22.4 Å². The number of carbonyl (C=O) groups excluding carboxylic acids is 1. The Kier molecular flexibility index (Phi) is 4.30. The van der Waals surface area contributed by atoms with E-state index in [9.17, 15) is 4.79 Å². The predicted molar refractivity (Wildman–Crippen MR) is 82.8 cm³/mol. The number of nitrogens with one attached hydrogen (secondary N) is 1. The molecule has 0 aliphatic carbocycles. The van der Waals surface area contributed by atoms with Gasteiger partial charge in [-0.05, 0) is 0 Å². The molecule has 1 amide bonds. The van der Waals surface area contributed by atoms with E-state index in [4.69, 9.17) is 4.74 Å². The summed E-state index contributed by atoms with van der Waals surface area (Å²) in [6, 6.07) is 0. The summed E-state index contributed by atoms with van der Waals surface area (Å²) in [5, 5.41) is 5.32. The zero-order valence-electron chi connectivity index (χ0n) is 12.5. The quantitative estimate of drug-likeness (QED) is 0.919. The number of rotatable bonds is 4. The summed E-state index contributed by atoms with van der Waals surface area (Å²) in [6.07, 6.45) is 2.42. The number of hydrogen-bond acceptors (Lipinski definition) is 7. The van der Waals surface area contributed by atoms with Crippen molar-refractivity contribution in [3.63, 3.8) is 0 Å². The maximum absolute atomic E-state index is 11.0. The third-order valence-corrected chi connectivity index (χ3v) is 4.26. The Hall–Kier alpha value is -2.06. The van der Waals surface area contributed by atoms with E-state index in [0.717, 1.165) is 43.0 Å². The van der Waals surface area contributed by atoms with E-state index in [1.165, 1.54) is 18.3 Å². The highest BCUT2D eigenvalue weighted by atomic mass is 32.1. The van der Waals surface area contributed by atoms with E-state index in [0.29, 0.717) is 11.0 Å². The molecule has 0 saturated carbocycles. The number of anilines is 1. The largest absolute Gasteiger partial charge is 0.481 e. The molecule has 0 aromatic carbocycles. The first-order valence-corrected chi connectivity index (χ1v) is 7.84. The van der Waals surface area contributed by atoms with Gasteiger partial charge in [-0.15, -0.1) is 11.3 Å². The average molecular weight is 319 g/mol. The lowest BCUT2D eigenvalue weighted by Gasteiger charge is -2.27. The van der Waals surface area contributed by atoms with E-state index < -0.39 is 0 Å². The zero-order valence-corrected chi connectivity index (χ0v) is 13.3. The fourth-order valence-corrected chi connectivity index (χ4v) is 3.25. The summed E-state index contributed by atoms with van der Waals surface area (Å²) in [6.45, 7) is 3.87. The second-order valence-electron chi connectivity index (χ2n) is 5.09. The van der Waals surface area contributed by atoms with Crippen LogP contribution in [0.1, 0.15) is 23.9 Å².